The van der Waals surface area contributed by atoms with Gasteiger partial charge < -0.3 is 0 Å². The highest BCUT2D eigenvalue weighted by molar-refractivity contribution is 5.54. The molecule has 0 aromatic rings. The normalized spacial score (nSPS) is 16.9. The van der Waals surface area contributed by atoms with Crippen LogP contribution in [0.4, 0.5) is 0 Å². The van der Waals surface area contributed by atoms with Crippen LogP contribution in [-0.4, -0.2) is 0 Å². The Morgan fingerprint density at radius 3 is 2.12 bits per heavy atom. The van der Waals surface area contributed by atoms with Crippen LogP contribution in [0.15, 0.2) is 59.3 Å². The van der Waals surface area contributed by atoms with Gasteiger partial charge in [0.05, 0.1) is 0 Å². The number of hydrogen-bond acceptors (Lipinski definition) is 0. The Morgan fingerprint density at radius 2 is 1.65 bits per heavy atom. The Morgan fingerprint density at radius 1 is 1.06 bits per heavy atom. The van der Waals surface area contributed by atoms with Crippen LogP contribution < -0.4 is 0 Å². The Labute approximate surface area is 106 Å². The summed E-state index contributed by atoms with van der Waals surface area (Å²) in [4.78, 5) is 0. The summed E-state index contributed by atoms with van der Waals surface area (Å²) in [5.41, 5.74) is 6.11. The van der Waals surface area contributed by atoms with E-state index in [-0.39, 0.29) is 0 Å². The molecule has 17 heavy (non-hydrogen) atoms. The lowest BCUT2D eigenvalue weighted by Gasteiger charge is -2.08. The highest BCUT2D eigenvalue weighted by Crippen LogP contribution is 2.38. The molecule has 0 bridgehead atoms. The van der Waals surface area contributed by atoms with Crippen molar-refractivity contribution in [3.8, 4) is 0 Å². The summed E-state index contributed by atoms with van der Waals surface area (Å²) >= 11 is 0. The van der Waals surface area contributed by atoms with E-state index >= 15 is 0 Å². The van der Waals surface area contributed by atoms with E-state index in [9.17, 15) is 0 Å². The first-order valence-corrected chi connectivity index (χ1v) is 6.59. The Balaban J connectivity index is 3.06. The fourth-order valence-electron chi connectivity index (χ4n) is 2.53. The van der Waals surface area contributed by atoms with Crippen LogP contribution in [-0.2, 0) is 0 Å². The van der Waals surface area contributed by atoms with Crippen molar-refractivity contribution >= 4 is 0 Å². The van der Waals surface area contributed by atoms with Crippen LogP contribution >= 0.6 is 0 Å². The SMILES string of the molecule is C=CCCC1=C(C=CC)CC(C=CC)=C1CC. The fourth-order valence-corrected chi connectivity index (χ4v) is 2.53. The fraction of sp³-hybridized carbons (Fsp3) is 0.412. The predicted molar refractivity (Wildman–Crippen MR) is 78.0 cm³/mol. The molecule has 0 unspecified atom stereocenters. The maximum Gasteiger partial charge on any atom is -0.00203 e. The molecule has 0 amide bonds. The lowest BCUT2D eigenvalue weighted by Crippen LogP contribution is -1.88. The summed E-state index contributed by atoms with van der Waals surface area (Å²) < 4.78 is 0. The van der Waals surface area contributed by atoms with E-state index in [1.54, 1.807) is 11.1 Å². The maximum absolute atomic E-state index is 3.83. The second kappa shape index (κ2) is 7.11. The topological polar surface area (TPSA) is 0 Å². The van der Waals surface area contributed by atoms with Gasteiger partial charge in [0.25, 0.3) is 0 Å². The molecule has 0 aromatic heterocycles. The molecule has 0 nitrogen and oxygen atoms in total. The van der Waals surface area contributed by atoms with Crippen molar-refractivity contribution in [3.05, 3.63) is 59.3 Å². The molecule has 0 saturated heterocycles. The van der Waals surface area contributed by atoms with Crippen LogP contribution in [0.2, 0.25) is 0 Å². The van der Waals surface area contributed by atoms with Gasteiger partial charge >= 0.3 is 0 Å². The molecule has 1 rings (SSSR count). The average molecular weight is 228 g/mol. The first-order chi connectivity index (χ1) is 8.28. The first kappa shape index (κ1) is 13.8. The summed E-state index contributed by atoms with van der Waals surface area (Å²) in [5.74, 6) is 0. The largest absolute Gasteiger partial charge is 0.103 e. The highest BCUT2D eigenvalue weighted by Gasteiger charge is 2.19. The van der Waals surface area contributed by atoms with Gasteiger partial charge in [0.15, 0.2) is 0 Å². The standard InChI is InChI=1S/C17H24/c1-5-9-12-17-15(11-7-3)13-14(10-6-2)16(17)8-4/h5-7,10-11H,1,8-9,12-13H2,2-4H3. The van der Waals surface area contributed by atoms with Crippen molar-refractivity contribution in [2.45, 2.75) is 46.5 Å². The van der Waals surface area contributed by atoms with E-state index in [0.29, 0.717) is 0 Å². The quantitative estimate of drug-likeness (QED) is 0.526. The van der Waals surface area contributed by atoms with E-state index in [1.807, 2.05) is 6.08 Å². The van der Waals surface area contributed by atoms with Gasteiger partial charge in [-0.3, -0.25) is 0 Å². The molecule has 1 aliphatic carbocycles. The minimum atomic E-state index is 1.07. The molecule has 0 atom stereocenters. The summed E-state index contributed by atoms with van der Waals surface area (Å²) in [6.45, 7) is 10.3. The Kier molecular flexibility index (Phi) is 5.76. The van der Waals surface area contributed by atoms with Gasteiger partial charge in [-0.1, -0.05) is 37.3 Å². The monoisotopic (exact) mass is 228 g/mol. The third-order valence-corrected chi connectivity index (χ3v) is 3.21. The zero-order chi connectivity index (χ0) is 12.7. The molecule has 0 fully saturated rings. The number of allylic oxidation sites excluding steroid dienone is 9. The zero-order valence-electron chi connectivity index (χ0n) is 11.4. The third kappa shape index (κ3) is 3.33. The molecule has 0 N–H and O–H groups in total. The Bertz CT molecular complexity index is 386. The molecule has 0 radical (unpaired) electrons. The molecule has 0 aromatic carbocycles. The maximum atomic E-state index is 3.83. The van der Waals surface area contributed by atoms with Crippen molar-refractivity contribution in [3.63, 3.8) is 0 Å². The average Bonchev–Trinajstić information content (AvgIpc) is 2.65. The molecule has 0 spiro atoms. The van der Waals surface area contributed by atoms with Gasteiger partial charge in [-0.2, -0.15) is 0 Å². The summed E-state index contributed by atoms with van der Waals surface area (Å²) in [5, 5.41) is 0. The second-order valence-electron chi connectivity index (χ2n) is 4.37. The van der Waals surface area contributed by atoms with Crippen molar-refractivity contribution < 1.29 is 0 Å². The zero-order valence-corrected chi connectivity index (χ0v) is 11.4. The van der Waals surface area contributed by atoms with Gasteiger partial charge in [-0.15, -0.1) is 6.58 Å². The lowest BCUT2D eigenvalue weighted by atomic mass is 9.98. The minimum Gasteiger partial charge on any atom is -0.103 e. The van der Waals surface area contributed by atoms with Gasteiger partial charge in [0.1, 0.15) is 0 Å². The van der Waals surface area contributed by atoms with E-state index in [2.05, 4.69) is 51.7 Å². The van der Waals surface area contributed by atoms with Crippen LogP contribution in [0.5, 0.6) is 0 Å². The molecular weight excluding hydrogens is 204 g/mol. The summed E-state index contributed by atoms with van der Waals surface area (Å²) in [6, 6.07) is 0. The smallest absolute Gasteiger partial charge is 0.00203 e. The summed E-state index contributed by atoms with van der Waals surface area (Å²) in [7, 11) is 0. The number of hydrogen-bond donors (Lipinski definition) is 0. The van der Waals surface area contributed by atoms with Gasteiger partial charge in [0, 0.05) is 0 Å². The molecule has 0 saturated carbocycles. The molecular formula is C17H24. The van der Waals surface area contributed by atoms with E-state index in [1.165, 1.54) is 11.1 Å². The highest BCUT2D eigenvalue weighted by atomic mass is 14.2. The third-order valence-electron chi connectivity index (χ3n) is 3.21. The molecule has 92 valence electrons. The van der Waals surface area contributed by atoms with Gasteiger partial charge in [0.2, 0.25) is 0 Å². The van der Waals surface area contributed by atoms with E-state index < -0.39 is 0 Å². The van der Waals surface area contributed by atoms with Crippen molar-refractivity contribution in [1.29, 1.82) is 0 Å². The number of rotatable bonds is 6. The molecule has 0 heterocycles. The van der Waals surface area contributed by atoms with Gasteiger partial charge in [-0.25, -0.2) is 0 Å². The Hall–Kier alpha value is -1.30. The van der Waals surface area contributed by atoms with Gasteiger partial charge in [-0.05, 0) is 61.8 Å². The molecule has 1 aliphatic rings. The summed E-state index contributed by atoms with van der Waals surface area (Å²) in [6.07, 6.45) is 15.3. The van der Waals surface area contributed by atoms with Crippen molar-refractivity contribution in [2.75, 3.05) is 0 Å². The lowest BCUT2D eigenvalue weighted by molar-refractivity contribution is 0.952. The molecule has 0 aliphatic heterocycles. The predicted octanol–water partition coefficient (Wildman–Crippen LogP) is 5.51. The minimum absolute atomic E-state index is 1.07. The van der Waals surface area contributed by atoms with E-state index in [0.717, 1.165) is 25.7 Å². The van der Waals surface area contributed by atoms with E-state index in [4.69, 9.17) is 0 Å². The first-order valence-electron chi connectivity index (χ1n) is 6.59. The van der Waals surface area contributed by atoms with Crippen LogP contribution in [0, 0.1) is 0 Å². The van der Waals surface area contributed by atoms with Crippen LogP contribution in [0.1, 0.15) is 46.5 Å². The van der Waals surface area contributed by atoms with Crippen LogP contribution in [0.3, 0.4) is 0 Å². The van der Waals surface area contributed by atoms with Crippen molar-refractivity contribution in [2.24, 2.45) is 0 Å². The molecule has 0 heteroatoms. The van der Waals surface area contributed by atoms with Crippen LogP contribution in [0.25, 0.3) is 0 Å². The van der Waals surface area contributed by atoms with Crippen molar-refractivity contribution in [1.82, 2.24) is 0 Å². The second-order valence-corrected chi connectivity index (χ2v) is 4.37.